The van der Waals surface area contributed by atoms with Gasteiger partial charge in [0.1, 0.15) is 0 Å². The second kappa shape index (κ2) is 7.46. The smallest absolute Gasteiger partial charge is 0.0718 e. The van der Waals surface area contributed by atoms with Gasteiger partial charge in [0.15, 0.2) is 0 Å². The molecule has 1 aromatic rings. The molecule has 94 valence electrons. The van der Waals surface area contributed by atoms with Crippen LogP contribution in [0, 0.1) is 0 Å². The Bertz CT molecular complexity index is 291. The minimum Gasteiger partial charge on any atom is -0.376 e. The lowest BCUT2D eigenvalue weighted by Crippen LogP contribution is -2.19. The summed E-state index contributed by atoms with van der Waals surface area (Å²) in [5.41, 5.74) is 1.23. The van der Waals surface area contributed by atoms with E-state index in [0.717, 1.165) is 6.61 Å². The molecular weight excluding hydrogens is 212 g/mol. The van der Waals surface area contributed by atoms with Crippen LogP contribution in [0.1, 0.15) is 37.7 Å². The highest BCUT2D eigenvalue weighted by molar-refractivity contribution is 5.13. The molecule has 0 amide bonds. The van der Waals surface area contributed by atoms with Crippen molar-refractivity contribution in [1.29, 1.82) is 0 Å². The van der Waals surface area contributed by atoms with Gasteiger partial charge in [-0.05, 0) is 18.4 Å². The molecule has 2 nitrogen and oxygen atoms in total. The zero-order valence-corrected chi connectivity index (χ0v) is 10.4. The number of ether oxygens (including phenoxy) is 2. The SMILES string of the molecule is c1ccc(COCCOC2CCCCC2)cc1. The van der Waals surface area contributed by atoms with Gasteiger partial charge in [-0.15, -0.1) is 0 Å². The van der Waals surface area contributed by atoms with Crippen LogP contribution in [-0.2, 0) is 16.1 Å². The van der Waals surface area contributed by atoms with Crippen LogP contribution in [0.4, 0.5) is 0 Å². The van der Waals surface area contributed by atoms with Crippen LogP contribution in [-0.4, -0.2) is 19.3 Å². The third-order valence-electron chi connectivity index (χ3n) is 3.24. The van der Waals surface area contributed by atoms with Crippen molar-refractivity contribution in [2.45, 2.75) is 44.8 Å². The number of rotatable bonds is 6. The summed E-state index contributed by atoms with van der Waals surface area (Å²) in [5.74, 6) is 0. The molecule has 17 heavy (non-hydrogen) atoms. The molecule has 1 saturated carbocycles. The minimum atomic E-state index is 0.490. The third kappa shape index (κ3) is 4.88. The van der Waals surface area contributed by atoms with Crippen molar-refractivity contribution in [2.75, 3.05) is 13.2 Å². The van der Waals surface area contributed by atoms with Crippen molar-refractivity contribution in [3.63, 3.8) is 0 Å². The molecule has 0 unspecified atom stereocenters. The van der Waals surface area contributed by atoms with Crippen LogP contribution >= 0.6 is 0 Å². The monoisotopic (exact) mass is 234 g/mol. The van der Waals surface area contributed by atoms with E-state index in [9.17, 15) is 0 Å². The molecule has 0 bridgehead atoms. The third-order valence-corrected chi connectivity index (χ3v) is 3.24. The minimum absolute atomic E-state index is 0.490. The molecule has 2 rings (SSSR count). The Labute approximate surface area is 104 Å². The van der Waals surface area contributed by atoms with Crippen LogP contribution in [0.2, 0.25) is 0 Å². The maximum absolute atomic E-state index is 5.80. The van der Waals surface area contributed by atoms with Crippen molar-refractivity contribution in [3.8, 4) is 0 Å². The average Bonchev–Trinajstić information content (AvgIpc) is 2.41. The first kappa shape index (κ1) is 12.6. The van der Waals surface area contributed by atoms with E-state index in [1.807, 2.05) is 18.2 Å². The van der Waals surface area contributed by atoms with Gasteiger partial charge in [-0.25, -0.2) is 0 Å². The van der Waals surface area contributed by atoms with Gasteiger partial charge in [-0.1, -0.05) is 49.6 Å². The number of benzene rings is 1. The zero-order chi connectivity index (χ0) is 11.8. The topological polar surface area (TPSA) is 18.5 Å². The zero-order valence-electron chi connectivity index (χ0n) is 10.4. The lowest BCUT2D eigenvalue weighted by atomic mass is 9.98. The standard InChI is InChI=1S/C15H22O2/c1-3-7-14(8-4-1)13-16-11-12-17-15-9-5-2-6-10-15/h1,3-4,7-8,15H,2,5-6,9-13H2. The number of hydrogen-bond acceptors (Lipinski definition) is 2. The van der Waals surface area contributed by atoms with Gasteiger partial charge in [0.2, 0.25) is 0 Å². The van der Waals surface area contributed by atoms with E-state index < -0.39 is 0 Å². The van der Waals surface area contributed by atoms with Gasteiger partial charge < -0.3 is 9.47 Å². The van der Waals surface area contributed by atoms with E-state index >= 15 is 0 Å². The predicted molar refractivity (Wildman–Crippen MR) is 68.9 cm³/mol. The van der Waals surface area contributed by atoms with Crippen LogP contribution in [0.25, 0.3) is 0 Å². The van der Waals surface area contributed by atoms with E-state index in [4.69, 9.17) is 9.47 Å². The van der Waals surface area contributed by atoms with Crippen LogP contribution in [0.15, 0.2) is 30.3 Å². The molecule has 1 aromatic carbocycles. The molecule has 0 aromatic heterocycles. The Balaban J connectivity index is 1.51. The normalized spacial score (nSPS) is 17.2. The van der Waals surface area contributed by atoms with Gasteiger partial charge in [0, 0.05) is 0 Å². The second-order valence-corrected chi connectivity index (χ2v) is 4.67. The van der Waals surface area contributed by atoms with Crippen LogP contribution in [0.5, 0.6) is 0 Å². The van der Waals surface area contributed by atoms with E-state index in [2.05, 4.69) is 12.1 Å². The molecule has 0 heterocycles. The molecule has 1 fully saturated rings. The Morgan fingerprint density at radius 1 is 0.941 bits per heavy atom. The maximum Gasteiger partial charge on any atom is 0.0718 e. The molecular formula is C15H22O2. The molecule has 2 heteroatoms. The highest BCUT2D eigenvalue weighted by Crippen LogP contribution is 2.19. The Morgan fingerprint density at radius 3 is 2.47 bits per heavy atom. The van der Waals surface area contributed by atoms with Crippen molar-refractivity contribution in [1.82, 2.24) is 0 Å². The van der Waals surface area contributed by atoms with Crippen molar-refractivity contribution >= 4 is 0 Å². The fourth-order valence-corrected chi connectivity index (χ4v) is 2.27. The van der Waals surface area contributed by atoms with Crippen LogP contribution < -0.4 is 0 Å². The summed E-state index contributed by atoms with van der Waals surface area (Å²) in [6.45, 7) is 2.12. The second-order valence-electron chi connectivity index (χ2n) is 4.67. The average molecular weight is 234 g/mol. The van der Waals surface area contributed by atoms with Gasteiger partial charge in [-0.3, -0.25) is 0 Å². The van der Waals surface area contributed by atoms with Gasteiger partial charge in [0.25, 0.3) is 0 Å². The molecule has 1 aliphatic carbocycles. The Hall–Kier alpha value is -0.860. The van der Waals surface area contributed by atoms with E-state index in [1.54, 1.807) is 0 Å². The predicted octanol–water partition coefficient (Wildman–Crippen LogP) is 3.55. The van der Waals surface area contributed by atoms with Crippen molar-refractivity contribution in [2.24, 2.45) is 0 Å². The maximum atomic E-state index is 5.80. The van der Waals surface area contributed by atoms with Gasteiger partial charge in [-0.2, -0.15) is 0 Å². The molecule has 0 aliphatic heterocycles. The Kier molecular flexibility index (Phi) is 5.53. The molecule has 1 aliphatic rings. The van der Waals surface area contributed by atoms with Gasteiger partial charge in [0.05, 0.1) is 25.9 Å². The van der Waals surface area contributed by atoms with Crippen molar-refractivity contribution < 1.29 is 9.47 Å². The first-order valence-electron chi connectivity index (χ1n) is 6.68. The lowest BCUT2D eigenvalue weighted by Gasteiger charge is -2.21. The lowest BCUT2D eigenvalue weighted by molar-refractivity contribution is -0.0137. The summed E-state index contributed by atoms with van der Waals surface area (Å²) in [6, 6.07) is 10.3. The van der Waals surface area contributed by atoms with Crippen LogP contribution in [0.3, 0.4) is 0 Å². The summed E-state index contributed by atoms with van der Waals surface area (Å²) in [4.78, 5) is 0. The molecule has 0 spiro atoms. The largest absolute Gasteiger partial charge is 0.376 e. The van der Waals surface area contributed by atoms with Crippen molar-refractivity contribution in [3.05, 3.63) is 35.9 Å². The molecule has 0 saturated heterocycles. The molecule has 0 N–H and O–H groups in total. The Morgan fingerprint density at radius 2 is 1.71 bits per heavy atom. The summed E-state index contributed by atoms with van der Waals surface area (Å²) < 4.78 is 11.4. The summed E-state index contributed by atoms with van der Waals surface area (Å²) in [6.07, 6.45) is 7.00. The highest BCUT2D eigenvalue weighted by atomic mass is 16.5. The molecule has 0 atom stereocenters. The first-order chi connectivity index (χ1) is 8.45. The number of hydrogen-bond donors (Lipinski definition) is 0. The summed E-state index contributed by atoms with van der Waals surface area (Å²) >= 11 is 0. The fraction of sp³-hybridized carbons (Fsp3) is 0.600. The van der Waals surface area contributed by atoms with E-state index in [0.29, 0.717) is 19.3 Å². The highest BCUT2D eigenvalue weighted by Gasteiger charge is 2.12. The molecule has 0 radical (unpaired) electrons. The quantitative estimate of drug-likeness (QED) is 0.701. The fourth-order valence-electron chi connectivity index (χ4n) is 2.27. The summed E-state index contributed by atoms with van der Waals surface area (Å²) in [7, 11) is 0. The van der Waals surface area contributed by atoms with E-state index in [1.165, 1.54) is 37.7 Å². The van der Waals surface area contributed by atoms with Gasteiger partial charge >= 0.3 is 0 Å². The van der Waals surface area contributed by atoms with E-state index in [-0.39, 0.29) is 0 Å². The summed E-state index contributed by atoms with van der Waals surface area (Å²) in [5, 5.41) is 0. The first-order valence-corrected chi connectivity index (χ1v) is 6.68.